The Hall–Kier alpha value is -2.59. The molecule has 3 atom stereocenters. The Morgan fingerprint density at radius 3 is 2.50 bits per heavy atom. The fraction of sp³-hybridized carbons (Fsp3) is 0.607. The second kappa shape index (κ2) is 11.7. The molecule has 7 nitrogen and oxygen atoms in total. The molecule has 1 aromatic heterocycles. The molecule has 0 radical (unpaired) electrons. The van der Waals surface area contributed by atoms with Crippen molar-refractivity contribution in [2.45, 2.75) is 86.1 Å². The summed E-state index contributed by atoms with van der Waals surface area (Å²) in [4.78, 5) is 33.4. The van der Waals surface area contributed by atoms with Crippen LogP contribution in [0.3, 0.4) is 0 Å². The molecule has 38 heavy (non-hydrogen) atoms. The van der Waals surface area contributed by atoms with E-state index in [1.54, 1.807) is 17.6 Å². The monoisotopic (exact) mass is 551 g/mol. The Kier molecular flexibility index (Phi) is 9.19. The summed E-state index contributed by atoms with van der Waals surface area (Å²) in [6, 6.07) is 4.10. The average molecular weight is 552 g/mol. The SMILES string of the molecule is Cc1ncsc1-c1ccc(CNC(=O)[C@@H]2C[C@@H](O)CN2C(=O)[C@@H](CC(C)C)C(C)(C)C)c(OC(C)(F)F)c1. The van der Waals surface area contributed by atoms with Gasteiger partial charge in [-0.05, 0) is 36.3 Å². The Labute approximate surface area is 227 Å². The third-order valence-corrected chi connectivity index (χ3v) is 7.71. The molecule has 0 aliphatic carbocycles. The maximum atomic E-state index is 13.8. The minimum Gasteiger partial charge on any atom is -0.432 e. The van der Waals surface area contributed by atoms with Gasteiger partial charge in [0.2, 0.25) is 11.8 Å². The third-order valence-electron chi connectivity index (χ3n) is 6.73. The van der Waals surface area contributed by atoms with Gasteiger partial charge in [-0.15, -0.1) is 11.3 Å². The predicted octanol–water partition coefficient (Wildman–Crippen LogP) is 5.40. The summed E-state index contributed by atoms with van der Waals surface area (Å²) in [7, 11) is 0. The Morgan fingerprint density at radius 2 is 1.95 bits per heavy atom. The van der Waals surface area contributed by atoms with Gasteiger partial charge in [0.1, 0.15) is 11.8 Å². The number of amides is 2. The molecule has 1 aromatic carbocycles. The normalized spacial score (nSPS) is 19.1. The van der Waals surface area contributed by atoms with Crippen LogP contribution in [0.2, 0.25) is 0 Å². The van der Waals surface area contributed by atoms with Crippen LogP contribution < -0.4 is 10.1 Å². The van der Waals surface area contributed by atoms with Crippen molar-refractivity contribution in [1.29, 1.82) is 0 Å². The lowest BCUT2D eigenvalue weighted by molar-refractivity contribution is -0.159. The number of aromatic nitrogens is 1. The number of carbonyl (C=O) groups excluding carboxylic acids is 2. The molecule has 10 heteroatoms. The van der Waals surface area contributed by atoms with Crippen LogP contribution in [0.1, 0.15) is 65.6 Å². The van der Waals surface area contributed by atoms with Crippen LogP contribution in [-0.2, 0) is 16.1 Å². The quantitative estimate of drug-likeness (QED) is 0.436. The van der Waals surface area contributed by atoms with Crippen LogP contribution >= 0.6 is 11.3 Å². The van der Waals surface area contributed by atoms with E-state index in [-0.39, 0.29) is 48.4 Å². The molecule has 2 amide bonds. The van der Waals surface area contributed by atoms with Gasteiger partial charge in [-0.25, -0.2) is 4.98 Å². The van der Waals surface area contributed by atoms with Gasteiger partial charge >= 0.3 is 6.11 Å². The van der Waals surface area contributed by atoms with E-state index in [2.05, 4.69) is 24.1 Å². The molecule has 1 aliphatic heterocycles. The molecule has 2 N–H and O–H groups in total. The van der Waals surface area contributed by atoms with Gasteiger partial charge in [-0.3, -0.25) is 9.59 Å². The highest BCUT2D eigenvalue weighted by Crippen LogP contribution is 2.36. The highest BCUT2D eigenvalue weighted by molar-refractivity contribution is 7.13. The van der Waals surface area contributed by atoms with Crippen molar-refractivity contribution in [2.75, 3.05) is 6.54 Å². The molecule has 1 fully saturated rings. The number of nitrogens with one attached hydrogen (secondary N) is 1. The first-order valence-corrected chi connectivity index (χ1v) is 13.8. The highest BCUT2D eigenvalue weighted by Gasteiger charge is 2.44. The third kappa shape index (κ3) is 7.50. The molecular formula is C28H39F2N3O4S. The second-order valence-corrected chi connectivity index (χ2v) is 12.5. The zero-order valence-electron chi connectivity index (χ0n) is 23.2. The molecule has 2 heterocycles. The Bertz CT molecular complexity index is 1140. The smallest absolute Gasteiger partial charge is 0.394 e. The molecular weight excluding hydrogens is 512 g/mol. The van der Waals surface area contributed by atoms with Gasteiger partial charge in [0.05, 0.1) is 22.2 Å². The van der Waals surface area contributed by atoms with Crippen LogP contribution in [0.25, 0.3) is 10.4 Å². The van der Waals surface area contributed by atoms with Crippen molar-refractivity contribution in [2.24, 2.45) is 17.3 Å². The summed E-state index contributed by atoms with van der Waals surface area (Å²) in [6.07, 6.45) is -3.44. The fourth-order valence-electron chi connectivity index (χ4n) is 4.81. The minimum absolute atomic E-state index is 0.0489. The van der Waals surface area contributed by atoms with Crippen LogP contribution in [0.5, 0.6) is 5.75 Å². The molecule has 0 unspecified atom stereocenters. The van der Waals surface area contributed by atoms with E-state index < -0.39 is 24.2 Å². The largest absolute Gasteiger partial charge is 0.432 e. The fourth-order valence-corrected chi connectivity index (χ4v) is 5.61. The number of nitrogens with zero attached hydrogens (tertiary/aromatic N) is 2. The molecule has 2 aromatic rings. The molecule has 1 saturated heterocycles. The number of hydrogen-bond acceptors (Lipinski definition) is 6. The zero-order chi connectivity index (χ0) is 28.4. The lowest BCUT2D eigenvalue weighted by Crippen LogP contribution is -2.50. The Balaban J connectivity index is 1.80. The van der Waals surface area contributed by atoms with Gasteiger partial charge in [-0.1, -0.05) is 46.8 Å². The van der Waals surface area contributed by atoms with E-state index in [1.807, 2.05) is 27.7 Å². The van der Waals surface area contributed by atoms with Crippen molar-refractivity contribution in [1.82, 2.24) is 15.2 Å². The number of aliphatic hydroxyl groups excluding tert-OH is 1. The second-order valence-electron chi connectivity index (χ2n) is 11.7. The van der Waals surface area contributed by atoms with E-state index in [1.165, 1.54) is 22.3 Å². The number of rotatable bonds is 9. The number of halogens is 2. The van der Waals surface area contributed by atoms with E-state index in [0.29, 0.717) is 24.5 Å². The van der Waals surface area contributed by atoms with Crippen molar-refractivity contribution in [3.8, 4) is 16.2 Å². The van der Waals surface area contributed by atoms with E-state index >= 15 is 0 Å². The number of thiazole rings is 1. The zero-order valence-corrected chi connectivity index (χ0v) is 24.0. The molecule has 0 saturated carbocycles. The first kappa shape index (κ1) is 30.0. The first-order chi connectivity index (χ1) is 17.6. The van der Waals surface area contributed by atoms with E-state index in [0.717, 1.165) is 10.6 Å². The number of aliphatic hydroxyl groups is 1. The number of β-amino-alcohol motifs (C(OH)–C–C–N with tert-alkyl or cyclic N) is 1. The van der Waals surface area contributed by atoms with Gasteiger partial charge < -0.3 is 20.1 Å². The molecule has 1 aliphatic rings. The number of alkyl halides is 2. The average Bonchev–Trinajstić information content (AvgIpc) is 3.39. The highest BCUT2D eigenvalue weighted by atomic mass is 32.1. The van der Waals surface area contributed by atoms with Crippen LogP contribution in [-0.4, -0.2) is 51.6 Å². The molecule has 0 bridgehead atoms. The molecule has 3 rings (SSSR count). The van der Waals surface area contributed by atoms with Crippen LogP contribution in [0, 0.1) is 24.2 Å². The number of benzene rings is 1. The summed E-state index contributed by atoms with van der Waals surface area (Å²) < 4.78 is 32.6. The van der Waals surface area contributed by atoms with Crippen molar-refractivity contribution in [3.05, 3.63) is 35.0 Å². The van der Waals surface area contributed by atoms with Crippen molar-refractivity contribution >= 4 is 23.2 Å². The van der Waals surface area contributed by atoms with Crippen molar-refractivity contribution < 1.29 is 28.2 Å². The van der Waals surface area contributed by atoms with Crippen molar-refractivity contribution in [3.63, 3.8) is 0 Å². The maximum absolute atomic E-state index is 13.8. The summed E-state index contributed by atoms with van der Waals surface area (Å²) in [5.41, 5.74) is 3.21. The van der Waals surface area contributed by atoms with E-state index in [9.17, 15) is 23.5 Å². The van der Waals surface area contributed by atoms with Gasteiger partial charge in [0, 0.05) is 37.9 Å². The number of likely N-dealkylation sites (tertiary alicyclic amines) is 1. The number of hydrogen-bond donors (Lipinski definition) is 2. The lowest BCUT2D eigenvalue weighted by Gasteiger charge is -2.36. The summed E-state index contributed by atoms with van der Waals surface area (Å²) in [5, 5.41) is 13.1. The summed E-state index contributed by atoms with van der Waals surface area (Å²) >= 11 is 1.40. The molecule has 210 valence electrons. The number of ether oxygens (including phenoxy) is 1. The van der Waals surface area contributed by atoms with Gasteiger partial charge in [0.25, 0.3) is 0 Å². The van der Waals surface area contributed by atoms with Crippen LogP contribution in [0.15, 0.2) is 23.7 Å². The molecule has 0 spiro atoms. The minimum atomic E-state index is -3.42. The lowest BCUT2D eigenvalue weighted by atomic mass is 9.75. The van der Waals surface area contributed by atoms with Gasteiger partial charge in [0.15, 0.2) is 0 Å². The number of carbonyl (C=O) groups is 2. The van der Waals surface area contributed by atoms with Crippen LogP contribution in [0.4, 0.5) is 8.78 Å². The predicted molar refractivity (Wildman–Crippen MR) is 144 cm³/mol. The van der Waals surface area contributed by atoms with Gasteiger partial charge in [-0.2, -0.15) is 8.78 Å². The van der Waals surface area contributed by atoms with E-state index in [4.69, 9.17) is 4.74 Å². The summed E-state index contributed by atoms with van der Waals surface area (Å²) in [6.45, 7) is 12.6. The first-order valence-electron chi connectivity index (χ1n) is 12.9. The topological polar surface area (TPSA) is 91.8 Å². The Morgan fingerprint density at radius 1 is 1.26 bits per heavy atom. The number of aryl methyl sites for hydroxylation is 1. The maximum Gasteiger partial charge on any atom is 0.394 e. The standard InChI is InChI=1S/C28H39F2N3O4S/c1-16(2)10-21(27(4,5)6)26(36)33-14-20(34)12-22(33)25(35)31-13-19-9-8-18(24-17(3)32-15-38-24)11-23(19)37-28(7,29)30/h8-9,11,15-16,20-22,34H,10,12-14H2,1-7H3,(H,31,35)/t20-,21-,22+/m1/s1. The summed E-state index contributed by atoms with van der Waals surface area (Å²) in [5.74, 6) is -0.662.